The molecule has 0 bridgehead atoms. The Bertz CT molecular complexity index is 1540. The molecule has 0 N–H and O–H groups in total. The Morgan fingerprint density at radius 1 is 0.375 bits per heavy atom. The molecule has 2 nitrogen and oxygen atoms in total. The van der Waals surface area contributed by atoms with E-state index in [1.807, 2.05) is 84.9 Å². The first-order chi connectivity index (χ1) is 19.5. The first-order valence-corrected chi connectivity index (χ1v) is 13.3. The lowest BCUT2D eigenvalue weighted by Gasteiger charge is -2.13. The monoisotopic (exact) mass is 518 g/mol. The highest BCUT2D eigenvalue weighted by molar-refractivity contribution is 5.97. The van der Waals surface area contributed by atoms with Crippen molar-refractivity contribution in [3.63, 3.8) is 0 Å². The van der Waals surface area contributed by atoms with Crippen LogP contribution < -0.4 is 0 Å². The number of Topliss-reactive ketones (excluding diaryl/α,β-unsaturated/α-hetero) is 2. The number of carbonyl (C=O) groups is 2. The molecule has 0 heterocycles. The number of ketones is 2. The summed E-state index contributed by atoms with van der Waals surface area (Å²) in [5.41, 5.74) is 10.1. The second-order valence-electron chi connectivity index (χ2n) is 9.78. The molecule has 0 aromatic heterocycles. The number of carbonyl (C=O) groups excluding carboxylic acids is 2. The summed E-state index contributed by atoms with van der Waals surface area (Å²) in [6.07, 6.45) is 4.33. The van der Waals surface area contributed by atoms with Gasteiger partial charge in [-0.05, 0) is 70.5 Å². The lowest BCUT2D eigenvalue weighted by molar-refractivity contribution is 0.100. The molecule has 0 radical (unpaired) electrons. The van der Waals surface area contributed by atoms with E-state index in [1.54, 1.807) is 13.8 Å². The third-order valence-electron chi connectivity index (χ3n) is 6.93. The second kappa shape index (κ2) is 12.2. The van der Waals surface area contributed by atoms with E-state index in [9.17, 15) is 9.59 Å². The van der Waals surface area contributed by atoms with Gasteiger partial charge in [0.05, 0.1) is 0 Å². The largest absolute Gasteiger partial charge is 0.295 e. The van der Waals surface area contributed by atoms with Gasteiger partial charge in [-0.15, -0.1) is 0 Å². The van der Waals surface area contributed by atoms with Gasteiger partial charge in [0.1, 0.15) is 0 Å². The molecule has 5 rings (SSSR count). The average Bonchev–Trinajstić information content (AvgIpc) is 3.00. The van der Waals surface area contributed by atoms with Gasteiger partial charge >= 0.3 is 0 Å². The van der Waals surface area contributed by atoms with Crippen LogP contribution in [0.15, 0.2) is 133 Å². The predicted molar refractivity (Wildman–Crippen MR) is 166 cm³/mol. The fraction of sp³-hybridized carbons (Fsp3) is 0.0526. The minimum atomic E-state index is 0.0615. The van der Waals surface area contributed by atoms with Gasteiger partial charge in [-0.2, -0.15) is 0 Å². The first-order valence-electron chi connectivity index (χ1n) is 13.3. The highest BCUT2D eigenvalue weighted by atomic mass is 16.1. The standard InChI is InChI=1S/C38H30O2/c1-27(39)31-17-13-29(14-18-31)25-37(33-9-5-3-6-10-33)35-21-23-36(24-22-35)38(34-11-7-4-8-12-34)26-30-15-19-32(20-16-30)28(2)40/h3-26H,1-2H3/b37-25+,38-26+. The van der Waals surface area contributed by atoms with Gasteiger partial charge in [-0.25, -0.2) is 0 Å². The van der Waals surface area contributed by atoms with Gasteiger partial charge in [-0.3, -0.25) is 9.59 Å². The van der Waals surface area contributed by atoms with Crippen molar-refractivity contribution in [3.8, 4) is 0 Å². The fourth-order valence-corrected chi connectivity index (χ4v) is 4.69. The molecule has 0 fully saturated rings. The van der Waals surface area contributed by atoms with Crippen LogP contribution in [0.2, 0.25) is 0 Å². The molecule has 0 spiro atoms. The van der Waals surface area contributed by atoms with Crippen LogP contribution in [0.1, 0.15) is 67.9 Å². The van der Waals surface area contributed by atoms with Crippen molar-refractivity contribution in [1.82, 2.24) is 0 Å². The molecular weight excluding hydrogens is 488 g/mol. The molecule has 0 atom stereocenters. The molecule has 0 unspecified atom stereocenters. The third-order valence-corrected chi connectivity index (χ3v) is 6.93. The van der Waals surface area contributed by atoms with Crippen LogP contribution in [0.25, 0.3) is 23.3 Å². The Morgan fingerprint density at radius 2 is 0.650 bits per heavy atom. The molecule has 40 heavy (non-hydrogen) atoms. The van der Waals surface area contributed by atoms with Crippen molar-refractivity contribution in [2.75, 3.05) is 0 Å². The Morgan fingerprint density at radius 3 is 0.950 bits per heavy atom. The fourth-order valence-electron chi connectivity index (χ4n) is 4.69. The van der Waals surface area contributed by atoms with E-state index in [2.05, 4.69) is 60.7 Å². The van der Waals surface area contributed by atoms with Crippen LogP contribution in [0.3, 0.4) is 0 Å². The first kappa shape index (κ1) is 26.5. The van der Waals surface area contributed by atoms with Gasteiger partial charge in [-0.1, -0.05) is 133 Å². The minimum absolute atomic E-state index is 0.0615. The number of hydrogen-bond donors (Lipinski definition) is 0. The van der Waals surface area contributed by atoms with E-state index in [-0.39, 0.29) is 11.6 Å². The summed E-state index contributed by atoms with van der Waals surface area (Å²) >= 11 is 0. The predicted octanol–water partition coefficient (Wildman–Crippen LogP) is 9.27. The maximum atomic E-state index is 11.7. The van der Waals surface area contributed by atoms with Crippen molar-refractivity contribution in [3.05, 3.63) is 178 Å². The Balaban J connectivity index is 1.55. The highest BCUT2D eigenvalue weighted by Crippen LogP contribution is 2.31. The zero-order valence-corrected chi connectivity index (χ0v) is 22.7. The van der Waals surface area contributed by atoms with E-state index in [0.717, 1.165) is 44.5 Å². The van der Waals surface area contributed by atoms with E-state index in [4.69, 9.17) is 0 Å². The highest BCUT2D eigenvalue weighted by Gasteiger charge is 2.10. The van der Waals surface area contributed by atoms with Crippen LogP contribution in [0.4, 0.5) is 0 Å². The maximum absolute atomic E-state index is 11.7. The van der Waals surface area contributed by atoms with Crippen LogP contribution in [-0.2, 0) is 0 Å². The summed E-state index contributed by atoms with van der Waals surface area (Å²) in [6.45, 7) is 3.17. The van der Waals surface area contributed by atoms with E-state index in [0.29, 0.717) is 11.1 Å². The summed E-state index contributed by atoms with van der Waals surface area (Å²) in [5.74, 6) is 0.123. The van der Waals surface area contributed by atoms with Gasteiger partial charge in [0, 0.05) is 11.1 Å². The smallest absolute Gasteiger partial charge is 0.159 e. The van der Waals surface area contributed by atoms with Crippen molar-refractivity contribution in [2.24, 2.45) is 0 Å². The van der Waals surface area contributed by atoms with Crippen LogP contribution >= 0.6 is 0 Å². The summed E-state index contributed by atoms with van der Waals surface area (Å²) in [7, 11) is 0. The normalized spacial score (nSPS) is 11.8. The zero-order chi connectivity index (χ0) is 27.9. The summed E-state index contributed by atoms with van der Waals surface area (Å²) in [5, 5.41) is 0. The minimum Gasteiger partial charge on any atom is -0.295 e. The molecule has 194 valence electrons. The Kier molecular flexibility index (Phi) is 8.08. The van der Waals surface area contributed by atoms with Gasteiger partial charge in [0.15, 0.2) is 11.6 Å². The molecule has 0 saturated carbocycles. The lowest BCUT2D eigenvalue weighted by Crippen LogP contribution is -1.93. The Hall–Kier alpha value is -5.08. The van der Waals surface area contributed by atoms with Crippen molar-refractivity contribution < 1.29 is 9.59 Å². The quantitative estimate of drug-likeness (QED) is 0.151. The molecule has 0 saturated heterocycles. The molecule has 0 aliphatic carbocycles. The average molecular weight is 519 g/mol. The maximum Gasteiger partial charge on any atom is 0.159 e. The zero-order valence-electron chi connectivity index (χ0n) is 22.7. The second-order valence-corrected chi connectivity index (χ2v) is 9.78. The molecule has 5 aromatic rings. The van der Waals surface area contributed by atoms with Crippen LogP contribution in [0.5, 0.6) is 0 Å². The van der Waals surface area contributed by atoms with E-state index in [1.165, 1.54) is 0 Å². The van der Waals surface area contributed by atoms with Crippen LogP contribution in [0, 0.1) is 0 Å². The SMILES string of the molecule is CC(=O)c1ccc(/C=C(\c2ccccc2)c2ccc(/C(=C/c3ccc(C(C)=O)cc3)c3ccccc3)cc2)cc1. The number of rotatable bonds is 8. The number of hydrogen-bond acceptors (Lipinski definition) is 2. The Labute approximate surface area is 236 Å². The summed E-state index contributed by atoms with van der Waals surface area (Å²) < 4.78 is 0. The molecule has 5 aromatic carbocycles. The molecule has 0 aliphatic rings. The van der Waals surface area contributed by atoms with Gasteiger partial charge in [0.25, 0.3) is 0 Å². The molecule has 0 amide bonds. The van der Waals surface area contributed by atoms with Crippen molar-refractivity contribution in [1.29, 1.82) is 0 Å². The van der Waals surface area contributed by atoms with Gasteiger partial charge in [0.2, 0.25) is 0 Å². The molecule has 0 aliphatic heterocycles. The summed E-state index contributed by atoms with van der Waals surface area (Å²) in [4.78, 5) is 23.5. The third kappa shape index (κ3) is 6.31. The van der Waals surface area contributed by atoms with E-state index >= 15 is 0 Å². The topological polar surface area (TPSA) is 34.1 Å². The number of benzene rings is 5. The molecular formula is C38H30O2. The lowest BCUT2D eigenvalue weighted by atomic mass is 9.91. The summed E-state index contributed by atoms with van der Waals surface area (Å²) in [6, 6.07) is 44.8. The van der Waals surface area contributed by atoms with Crippen LogP contribution in [-0.4, -0.2) is 11.6 Å². The van der Waals surface area contributed by atoms with Crippen molar-refractivity contribution in [2.45, 2.75) is 13.8 Å². The van der Waals surface area contributed by atoms with E-state index < -0.39 is 0 Å². The van der Waals surface area contributed by atoms with Crippen molar-refractivity contribution >= 4 is 34.9 Å². The molecule has 2 heteroatoms. The van der Waals surface area contributed by atoms with Gasteiger partial charge < -0.3 is 0 Å².